The van der Waals surface area contributed by atoms with Crippen LogP contribution in [0.3, 0.4) is 0 Å². The quantitative estimate of drug-likeness (QED) is 0.235. The standard InChI is InChI=1S/C11H20N2O.C11H19NO.2C10H18N2O.2CH4/c1-10(2,3)8-7(14)9(13-12-8)11(4,5)6;1-10(2,3)8-9(11(4,5)6)13-7-12-8;1-9(2,3)7-11-8(13-12-7)10(4,5)6;1-9(2,3)7-8(10(4,5)6)12-13-11-7;;/h7,14H,1-6H3;7H,1-6H3;2*1-6H3;2*1H4. The summed E-state index contributed by atoms with van der Waals surface area (Å²) in [5, 5.41) is 30.1. The van der Waals surface area contributed by atoms with Crippen molar-refractivity contribution in [1.29, 1.82) is 0 Å². The maximum Gasteiger partial charge on any atom is 0.232 e. The van der Waals surface area contributed by atoms with Gasteiger partial charge in [-0.05, 0) is 0 Å². The predicted molar refractivity (Wildman–Crippen MR) is 231 cm³/mol. The molecule has 1 aliphatic heterocycles. The lowest BCUT2D eigenvalue weighted by Gasteiger charge is -2.26. The Morgan fingerprint density at radius 2 is 0.855 bits per heavy atom. The van der Waals surface area contributed by atoms with Crippen molar-refractivity contribution in [1.82, 2.24) is 25.4 Å². The molecule has 4 rings (SSSR count). The number of hydrogen-bond acceptors (Lipinski definition) is 11. The van der Waals surface area contributed by atoms with Crippen molar-refractivity contribution in [2.45, 2.75) is 220 Å². The molecule has 1 aliphatic rings. The molecule has 0 aliphatic carbocycles. The van der Waals surface area contributed by atoms with Crippen LogP contribution in [0, 0.1) is 10.8 Å². The van der Waals surface area contributed by atoms with E-state index in [2.05, 4.69) is 160 Å². The Kier molecular flexibility index (Phi) is 18.0. The molecule has 11 heteroatoms. The van der Waals surface area contributed by atoms with E-state index in [1.165, 1.54) is 0 Å². The van der Waals surface area contributed by atoms with E-state index in [9.17, 15) is 5.11 Å². The largest absolute Gasteiger partial charge is 0.448 e. The molecule has 0 unspecified atom stereocenters. The topological polar surface area (TPSA) is 149 Å². The Morgan fingerprint density at radius 3 is 1.07 bits per heavy atom. The van der Waals surface area contributed by atoms with Crippen LogP contribution >= 0.6 is 0 Å². The maximum absolute atomic E-state index is 10.1. The van der Waals surface area contributed by atoms with Gasteiger partial charge < -0.3 is 14.0 Å². The number of oxazole rings is 1. The zero-order valence-electron chi connectivity index (χ0n) is 38.0. The summed E-state index contributed by atoms with van der Waals surface area (Å²) in [6, 6.07) is 0. The van der Waals surface area contributed by atoms with E-state index in [4.69, 9.17) is 13.6 Å². The fourth-order valence-corrected chi connectivity index (χ4v) is 4.78. The van der Waals surface area contributed by atoms with Crippen LogP contribution in [0.15, 0.2) is 30.2 Å². The van der Waals surface area contributed by atoms with E-state index < -0.39 is 6.10 Å². The van der Waals surface area contributed by atoms with Gasteiger partial charge in [-0.15, -0.1) is 0 Å². The monoisotopic (exact) mass is 774 g/mol. The van der Waals surface area contributed by atoms with Crippen LogP contribution in [-0.4, -0.2) is 48.1 Å². The van der Waals surface area contributed by atoms with Crippen molar-refractivity contribution in [2.75, 3.05) is 0 Å². The molecule has 0 amide bonds. The highest BCUT2D eigenvalue weighted by atomic mass is 16.6. The van der Waals surface area contributed by atoms with Gasteiger partial charge in [-0.1, -0.05) is 196 Å². The molecule has 3 aromatic rings. The van der Waals surface area contributed by atoms with E-state index in [1.54, 1.807) is 6.39 Å². The van der Waals surface area contributed by atoms with Gasteiger partial charge in [0.1, 0.15) is 23.3 Å². The summed E-state index contributed by atoms with van der Waals surface area (Å²) in [6.07, 6.45) is 0.941. The fraction of sp³-hybridized carbons (Fsp3) is 0.795. The molecular weight excluding hydrogens is 691 g/mol. The van der Waals surface area contributed by atoms with Gasteiger partial charge in [0.25, 0.3) is 0 Å². The van der Waals surface area contributed by atoms with Crippen LogP contribution in [0.4, 0.5) is 0 Å². The molecule has 55 heavy (non-hydrogen) atoms. The van der Waals surface area contributed by atoms with E-state index in [0.29, 0.717) is 5.89 Å². The average Bonchev–Trinajstić information content (AvgIpc) is 3.72. The van der Waals surface area contributed by atoms with E-state index in [1.807, 2.05) is 41.5 Å². The van der Waals surface area contributed by atoms with Gasteiger partial charge in [-0.3, -0.25) is 0 Å². The number of aromatic nitrogens is 5. The third kappa shape index (κ3) is 16.1. The first kappa shape index (κ1) is 53.9. The summed E-state index contributed by atoms with van der Waals surface area (Å²) in [4.78, 5) is 8.66. The Balaban J connectivity index is 0. The number of rotatable bonds is 0. The first-order valence-corrected chi connectivity index (χ1v) is 18.8. The number of hydrogen-bond donors (Lipinski definition) is 1. The molecule has 318 valence electrons. The van der Waals surface area contributed by atoms with Crippen LogP contribution in [0.2, 0.25) is 0 Å². The molecule has 0 aromatic carbocycles. The lowest BCUT2D eigenvalue weighted by atomic mass is 9.79. The third-order valence-electron chi connectivity index (χ3n) is 7.93. The second kappa shape index (κ2) is 18.4. The zero-order valence-corrected chi connectivity index (χ0v) is 38.0. The Hall–Kier alpha value is -3.21. The van der Waals surface area contributed by atoms with Crippen molar-refractivity contribution < 1.29 is 18.7 Å². The second-order valence-electron chi connectivity index (χ2n) is 22.3. The van der Waals surface area contributed by atoms with Gasteiger partial charge in [-0.2, -0.15) is 15.2 Å². The third-order valence-corrected chi connectivity index (χ3v) is 7.93. The van der Waals surface area contributed by atoms with Crippen molar-refractivity contribution in [3.8, 4) is 0 Å². The molecule has 0 saturated heterocycles. The molecule has 0 fully saturated rings. The first-order chi connectivity index (χ1) is 23.3. The summed E-state index contributed by atoms with van der Waals surface area (Å²) in [6.45, 7) is 50.2. The molecule has 4 heterocycles. The summed E-state index contributed by atoms with van der Waals surface area (Å²) in [5.41, 5.74) is 4.31. The molecule has 1 N–H and O–H groups in total. The van der Waals surface area contributed by atoms with E-state index in [0.717, 1.165) is 40.1 Å². The summed E-state index contributed by atoms with van der Waals surface area (Å²) in [5.74, 6) is 2.48. The minimum absolute atomic E-state index is 0. The van der Waals surface area contributed by atoms with Gasteiger partial charge in [0.2, 0.25) is 5.89 Å². The van der Waals surface area contributed by atoms with Gasteiger partial charge >= 0.3 is 0 Å². The second-order valence-corrected chi connectivity index (χ2v) is 22.3. The summed E-state index contributed by atoms with van der Waals surface area (Å²) >= 11 is 0. The fourth-order valence-electron chi connectivity index (χ4n) is 4.78. The molecule has 3 aromatic heterocycles. The molecular formula is C44H83N7O4. The Morgan fingerprint density at radius 1 is 0.473 bits per heavy atom. The summed E-state index contributed by atoms with van der Waals surface area (Å²) in [7, 11) is 0. The van der Waals surface area contributed by atoms with Gasteiger partial charge in [-0.25, -0.2) is 9.61 Å². The Labute approximate surface area is 336 Å². The number of nitrogens with zero attached hydrogens (tertiary/aromatic N) is 7. The summed E-state index contributed by atoms with van der Waals surface area (Å²) < 4.78 is 15.4. The average molecular weight is 774 g/mol. The van der Waals surface area contributed by atoms with E-state index in [-0.39, 0.29) is 58.2 Å². The van der Waals surface area contributed by atoms with Crippen LogP contribution < -0.4 is 0 Å². The van der Waals surface area contributed by atoms with Crippen LogP contribution in [-0.2, 0) is 32.5 Å². The lowest BCUT2D eigenvalue weighted by molar-refractivity contribution is 0.283. The number of aliphatic hydroxyl groups excluding tert-OH is 1. The van der Waals surface area contributed by atoms with Crippen molar-refractivity contribution in [3.63, 3.8) is 0 Å². The first-order valence-electron chi connectivity index (χ1n) is 18.8. The van der Waals surface area contributed by atoms with Gasteiger partial charge in [0.05, 0.1) is 17.1 Å². The van der Waals surface area contributed by atoms with Crippen molar-refractivity contribution >= 4 is 11.4 Å². The van der Waals surface area contributed by atoms with Crippen molar-refractivity contribution in [2.24, 2.45) is 21.0 Å². The van der Waals surface area contributed by atoms with E-state index >= 15 is 0 Å². The smallest absolute Gasteiger partial charge is 0.232 e. The van der Waals surface area contributed by atoms with Crippen LogP contribution in [0.25, 0.3) is 0 Å². The molecule has 0 radical (unpaired) electrons. The van der Waals surface area contributed by atoms with Crippen molar-refractivity contribution in [3.05, 3.63) is 41.0 Å². The molecule has 0 saturated carbocycles. The highest BCUT2D eigenvalue weighted by Gasteiger charge is 2.38. The zero-order chi connectivity index (χ0) is 42.0. The van der Waals surface area contributed by atoms with Gasteiger partial charge in [0.15, 0.2) is 12.2 Å². The Bertz CT molecular complexity index is 1470. The highest BCUT2D eigenvalue weighted by Crippen LogP contribution is 2.33. The lowest BCUT2D eigenvalue weighted by Crippen LogP contribution is -2.40. The minimum Gasteiger partial charge on any atom is -0.448 e. The highest BCUT2D eigenvalue weighted by molar-refractivity contribution is 6.16. The maximum atomic E-state index is 10.1. The van der Waals surface area contributed by atoms with Crippen LogP contribution in [0.1, 0.15) is 216 Å². The van der Waals surface area contributed by atoms with Gasteiger partial charge in [0, 0.05) is 43.3 Å². The molecule has 0 spiro atoms. The predicted octanol–water partition coefficient (Wildman–Crippen LogP) is 12.1. The molecule has 11 nitrogen and oxygen atoms in total. The minimum atomic E-state index is -0.602. The molecule has 0 bridgehead atoms. The SMILES string of the molecule is C.C.CC(C)(C)C1=NN=C(C(C)(C)C)C1O.CC(C)(C)c1ncoc1C(C)(C)C.CC(C)(C)c1noc(C(C)(C)C)n1.CC(C)(C)c1nonc1C(C)(C)C. The normalized spacial score (nSPS) is 14.5. The van der Waals surface area contributed by atoms with Crippen LogP contribution in [0.5, 0.6) is 0 Å². The number of aliphatic hydroxyl groups is 1. The molecule has 0 atom stereocenters.